The molecule has 0 aromatic carbocycles. The van der Waals surface area contributed by atoms with E-state index in [1.54, 1.807) is 6.26 Å². The molecule has 1 aromatic heterocycles. The SMILES string of the molecule is COC(=O)C1CCCC23C(C)OC4c5occc5C(C)C(CCC12)C43O. The maximum atomic E-state index is 12.5. The lowest BCUT2D eigenvalue weighted by atomic mass is 9.43. The van der Waals surface area contributed by atoms with Crippen LogP contribution in [0, 0.1) is 23.2 Å². The summed E-state index contributed by atoms with van der Waals surface area (Å²) in [6, 6.07) is 2.03. The average molecular weight is 360 g/mol. The van der Waals surface area contributed by atoms with Crippen molar-refractivity contribution in [3.05, 3.63) is 23.7 Å². The van der Waals surface area contributed by atoms with Gasteiger partial charge in [0.25, 0.3) is 0 Å². The van der Waals surface area contributed by atoms with Gasteiger partial charge in [-0.1, -0.05) is 13.3 Å². The summed E-state index contributed by atoms with van der Waals surface area (Å²) in [7, 11) is 1.47. The number of methoxy groups -OCH3 is 1. The number of rotatable bonds is 1. The highest BCUT2D eigenvalue weighted by Crippen LogP contribution is 2.72. The van der Waals surface area contributed by atoms with Crippen molar-refractivity contribution in [1.82, 2.24) is 0 Å². The van der Waals surface area contributed by atoms with Crippen LogP contribution in [0.25, 0.3) is 0 Å². The van der Waals surface area contributed by atoms with Crippen molar-refractivity contribution in [3.63, 3.8) is 0 Å². The van der Waals surface area contributed by atoms with Crippen molar-refractivity contribution in [1.29, 1.82) is 0 Å². The van der Waals surface area contributed by atoms with Gasteiger partial charge in [-0.15, -0.1) is 0 Å². The van der Waals surface area contributed by atoms with Gasteiger partial charge >= 0.3 is 5.97 Å². The first-order valence-electron chi connectivity index (χ1n) is 9.99. The highest BCUT2D eigenvalue weighted by Gasteiger charge is 2.76. The van der Waals surface area contributed by atoms with Gasteiger partial charge in [0.1, 0.15) is 17.5 Å². The molecule has 5 nitrogen and oxygen atoms in total. The Morgan fingerprint density at radius 2 is 2.04 bits per heavy atom. The van der Waals surface area contributed by atoms with Crippen LogP contribution in [-0.2, 0) is 14.3 Å². The van der Waals surface area contributed by atoms with Gasteiger partial charge < -0.3 is 19.0 Å². The fourth-order valence-corrected chi connectivity index (χ4v) is 7.40. The molecule has 1 aliphatic heterocycles. The van der Waals surface area contributed by atoms with Crippen LogP contribution in [0.5, 0.6) is 0 Å². The monoisotopic (exact) mass is 360 g/mol. The number of fused-ring (bicyclic) bond motifs is 2. The van der Waals surface area contributed by atoms with E-state index in [9.17, 15) is 9.90 Å². The van der Waals surface area contributed by atoms with E-state index in [4.69, 9.17) is 13.9 Å². The highest BCUT2D eigenvalue weighted by atomic mass is 16.5. The first kappa shape index (κ1) is 16.8. The summed E-state index contributed by atoms with van der Waals surface area (Å²) in [5.41, 5.74) is -0.212. The van der Waals surface area contributed by atoms with E-state index in [0.717, 1.165) is 37.9 Å². The Balaban J connectivity index is 1.69. The van der Waals surface area contributed by atoms with Crippen molar-refractivity contribution >= 4 is 5.97 Å². The topological polar surface area (TPSA) is 68.9 Å². The Bertz CT molecular complexity index is 741. The Labute approximate surface area is 154 Å². The summed E-state index contributed by atoms with van der Waals surface area (Å²) in [5.74, 6) is 0.992. The lowest BCUT2D eigenvalue weighted by Gasteiger charge is -2.61. The molecule has 8 unspecified atom stereocenters. The Hall–Kier alpha value is -1.33. The zero-order valence-electron chi connectivity index (χ0n) is 15.7. The third-order valence-electron chi connectivity index (χ3n) is 8.38. The second-order valence-electron chi connectivity index (χ2n) is 8.87. The molecule has 0 amide bonds. The lowest BCUT2D eigenvalue weighted by Crippen LogP contribution is -2.66. The van der Waals surface area contributed by atoms with Crippen molar-refractivity contribution in [2.24, 2.45) is 23.2 Å². The van der Waals surface area contributed by atoms with Crippen molar-refractivity contribution < 1.29 is 23.8 Å². The molecule has 5 heteroatoms. The van der Waals surface area contributed by atoms with Crippen molar-refractivity contribution in [2.75, 3.05) is 7.11 Å². The van der Waals surface area contributed by atoms with Crippen LogP contribution >= 0.6 is 0 Å². The molecule has 5 rings (SSSR count). The zero-order chi connectivity index (χ0) is 18.3. The minimum absolute atomic E-state index is 0.105. The van der Waals surface area contributed by atoms with E-state index >= 15 is 0 Å². The maximum absolute atomic E-state index is 12.5. The summed E-state index contributed by atoms with van der Waals surface area (Å²) in [4.78, 5) is 12.5. The lowest BCUT2D eigenvalue weighted by molar-refractivity contribution is -0.214. The number of carbonyl (C=O) groups is 1. The van der Waals surface area contributed by atoms with Crippen LogP contribution in [0.1, 0.15) is 69.3 Å². The molecule has 0 bridgehead atoms. The zero-order valence-corrected chi connectivity index (χ0v) is 15.7. The van der Waals surface area contributed by atoms with Crippen LogP contribution < -0.4 is 0 Å². The minimum Gasteiger partial charge on any atom is -0.469 e. The van der Waals surface area contributed by atoms with Gasteiger partial charge in [0.05, 0.1) is 25.4 Å². The molecule has 142 valence electrons. The first-order chi connectivity index (χ1) is 12.5. The van der Waals surface area contributed by atoms with Gasteiger partial charge in [-0.25, -0.2) is 0 Å². The van der Waals surface area contributed by atoms with E-state index in [1.807, 2.05) is 6.07 Å². The molecule has 1 aromatic rings. The molecule has 2 heterocycles. The van der Waals surface area contributed by atoms with Crippen LogP contribution in [0.4, 0.5) is 0 Å². The normalized spacial score (nSPS) is 49.1. The summed E-state index contributed by atoms with van der Waals surface area (Å²) < 4.78 is 17.4. The molecule has 4 aliphatic rings. The molecule has 8 atom stereocenters. The molecule has 0 radical (unpaired) electrons. The molecule has 26 heavy (non-hydrogen) atoms. The summed E-state index contributed by atoms with van der Waals surface area (Å²) in [5, 5.41) is 12.3. The number of hydrogen-bond acceptors (Lipinski definition) is 5. The standard InChI is InChI=1S/C21H28O5/c1-11-13-8-10-25-17(13)18-21(23)15(11)6-7-16-14(19(22)24-3)5-4-9-20(16,21)12(2)26-18/h8,10-12,14-16,18,23H,4-7,9H2,1-3H3. The van der Waals surface area contributed by atoms with Gasteiger partial charge in [0.15, 0.2) is 0 Å². The fourth-order valence-electron chi connectivity index (χ4n) is 7.40. The Morgan fingerprint density at radius 1 is 1.27 bits per heavy atom. The highest BCUT2D eigenvalue weighted by molar-refractivity contribution is 5.73. The Morgan fingerprint density at radius 3 is 2.81 bits per heavy atom. The third kappa shape index (κ3) is 1.68. The van der Waals surface area contributed by atoms with E-state index in [2.05, 4.69) is 13.8 Å². The maximum Gasteiger partial charge on any atom is 0.308 e. The molecule has 1 saturated heterocycles. The van der Waals surface area contributed by atoms with E-state index in [1.165, 1.54) is 12.7 Å². The largest absolute Gasteiger partial charge is 0.469 e. The van der Waals surface area contributed by atoms with Crippen molar-refractivity contribution in [2.45, 2.75) is 69.7 Å². The summed E-state index contributed by atoms with van der Waals surface area (Å²) in [6.45, 7) is 4.28. The molecule has 1 spiro atoms. The molecular weight excluding hydrogens is 332 g/mol. The van der Waals surface area contributed by atoms with Crippen LogP contribution in [-0.4, -0.2) is 29.9 Å². The molecule has 2 saturated carbocycles. The predicted molar refractivity (Wildman–Crippen MR) is 93.4 cm³/mol. The summed E-state index contributed by atoms with van der Waals surface area (Å²) in [6.07, 6.45) is 5.71. The number of carbonyl (C=O) groups excluding carboxylic acids is 1. The number of aliphatic hydroxyl groups is 1. The fraction of sp³-hybridized carbons (Fsp3) is 0.762. The minimum atomic E-state index is -0.980. The number of ether oxygens (including phenoxy) is 2. The van der Waals surface area contributed by atoms with Gasteiger partial charge in [-0.2, -0.15) is 0 Å². The van der Waals surface area contributed by atoms with Crippen LogP contribution in [0.15, 0.2) is 16.7 Å². The molecular formula is C21H28O5. The number of hydrogen-bond donors (Lipinski definition) is 1. The van der Waals surface area contributed by atoms with Gasteiger partial charge in [-0.3, -0.25) is 4.79 Å². The van der Waals surface area contributed by atoms with Crippen LogP contribution in [0.3, 0.4) is 0 Å². The van der Waals surface area contributed by atoms with Crippen LogP contribution in [0.2, 0.25) is 0 Å². The quantitative estimate of drug-likeness (QED) is 0.776. The second-order valence-corrected chi connectivity index (χ2v) is 8.87. The van der Waals surface area contributed by atoms with Gasteiger partial charge in [0.2, 0.25) is 0 Å². The predicted octanol–water partition coefficient (Wildman–Crippen LogP) is 3.57. The van der Waals surface area contributed by atoms with Gasteiger partial charge in [0, 0.05) is 5.41 Å². The van der Waals surface area contributed by atoms with E-state index < -0.39 is 17.1 Å². The van der Waals surface area contributed by atoms with Gasteiger partial charge in [-0.05, 0) is 62.0 Å². The third-order valence-corrected chi connectivity index (χ3v) is 8.38. The Kier molecular flexibility index (Phi) is 3.46. The molecule has 3 aliphatic carbocycles. The first-order valence-corrected chi connectivity index (χ1v) is 9.99. The number of esters is 1. The second kappa shape index (κ2) is 5.35. The summed E-state index contributed by atoms with van der Waals surface area (Å²) >= 11 is 0. The van der Waals surface area contributed by atoms with E-state index in [0.29, 0.717) is 0 Å². The molecule has 1 N–H and O–H groups in total. The smallest absolute Gasteiger partial charge is 0.308 e. The molecule has 3 fully saturated rings. The van der Waals surface area contributed by atoms with Crippen molar-refractivity contribution in [3.8, 4) is 0 Å². The number of furan rings is 1. The van der Waals surface area contributed by atoms with E-state index in [-0.39, 0.29) is 35.7 Å². The average Bonchev–Trinajstić information content (AvgIpc) is 3.20.